The Balaban J connectivity index is 0.000000461. The van der Waals surface area contributed by atoms with E-state index in [0.717, 1.165) is 5.56 Å². The second-order valence-electron chi connectivity index (χ2n) is 3.49. The SMILES string of the molecule is CC.Cc1cccn(C2CCC2)c1=O. The lowest BCUT2D eigenvalue weighted by molar-refractivity contribution is 0.306. The molecule has 1 aliphatic carbocycles. The molecule has 0 unspecified atom stereocenters. The Morgan fingerprint density at radius 2 is 2.00 bits per heavy atom. The van der Waals surface area contributed by atoms with Crippen LogP contribution >= 0.6 is 0 Å². The summed E-state index contributed by atoms with van der Waals surface area (Å²) in [5.74, 6) is 0. The Morgan fingerprint density at radius 1 is 1.36 bits per heavy atom. The van der Waals surface area contributed by atoms with Gasteiger partial charge in [0, 0.05) is 17.8 Å². The molecule has 0 atom stereocenters. The molecule has 2 heteroatoms. The van der Waals surface area contributed by atoms with E-state index in [9.17, 15) is 4.79 Å². The van der Waals surface area contributed by atoms with E-state index in [1.807, 2.05) is 43.7 Å². The molecule has 0 amide bonds. The van der Waals surface area contributed by atoms with E-state index >= 15 is 0 Å². The van der Waals surface area contributed by atoms with Gasteiger partial charge in [0.1, 0.15) is 0 Å². The van der Waals surface area contributed by atoms with Crippen molar-refractivity contribution in [3.63, 3.8) is 0 Å². The minimum atomic E-state index is 0.183. The number of rotatable bonds is 1. The van der Waals surface area contributed by atoms with Crippen molar-refractivity contribution in [2.75, 3.05) is 0 Å². The van der Waals surface area contributed by atoms with Crippen molar-refractivity contribution in [3.05, 3.63) is 34.2 Å². The summed E-state index contributed by atoms with van der Waals surface area (Å²) in [5, 5.41) is 0. The largest absolute Gasteiger partial charge is 0.312 e. The molecule has 0 radical (unpaired) electrons. The zero-order valence-corrected chi connectivity index (χ0v) is 9.29. The van der Waals surface area contributed by atoms with Crippen molar-refractivity contribution in [2.45, 2.75) is 46.1 Å². The summed E-state index contributed by atoms with van der Waals surface area (Å²) in [6, 6.07) is 4.31. The monoisotopic (exact) mass is 193 g/mol. The minimum Gasteiger partial charge on any atom is -0.312 e. The molecule has 1 aliphatic rings. The van der Waals surface area contributed by atoms with Gasteiger partial charge in [-0.1, -0.05) is 19.9 Å². The van der Waals surface area contributed by atoms with Crippen LogP contribution in [0.1, 0.15) is 44.7 Å². The van der Waals surface area contributed by atoms with Gasteiger partial charge in [0.2, 0.25) is 0 Å². The predicted molar refractivity (Wildman–Crippen MR) is 59.7 cm³/mol. The van der Waals surface area contributed by atoms with Crippen molar-refractivity contribution in [1.82, 2.24) is 4.57 Å². The number of aryl methyl sites for hydroxylation is 1. The first-order valence-electron chi connectivity index (χ1n) is 5.47. The van der Waals surface area contributed by atoms with Crippen LogP contribution in [-0.2, 0) is 0 Å². The molecule has 0 N–H and O–H groups in total. The summed E-state index contributed by atoms with van der Waals surface area (Å²) >= 11 is 0. The minimum absolute atomic E-state index is 0.183. The van der Waals surface area contributed by atoms with Gasteiger partial charge in [-0.25, -0.2) is 0 Å². The van der Waals surface area contributed by atoms with Crippen molar-refractivity contribution in [2.24, 2.45) is 0 Å². The molecule has 0 saturated heterocycles. The third-order valence-corrected chi connectivity index (χ3v) is 2.63. The van der Waals surface area contributed by atoms with E-state index in [-0.39, 0.29) is 5.56 Å². The van der Waals surface area contributed by atoms with Gasteiger partial charge in [-0.05, 0) is 32.3 Å². The number of hydrogen-bond acceptors (Lipinski definition) is 1. The molecule has 1 heterocycles. The Kier molecular flexibility index (Phi) is 3.93. The first-order chi connectivity index (χ1) is 6.79. The third kappa shape index (κ3) is 2.06. The van der Waals surface area contributed by atoms with E-state index in [4.69, 9.17) is 0 Å². The molecule has 2 rings (SSSR count). The van der Waals surface area contributed by atoms with Crippen molar-refractivity contribution < 1.29 is 0 Å². The quantitative estimate of drug-likeness (QED) is 0.672. The van der Waals surface area contributed by atoms with Crippen LogP contribution < -0.4 is 5.56 Å². The van der Waals surface area contributed by atoms with Gasteiger partial charge in [0.25, 0.3) is 5.56 Å². The fraction of sp³-hybridized carbons (Fsp3) is 0.583. The van der Waals surface area contributed by atoms with Crippen LogP contribution in [0.5, 0.6) is 0 Å². The van der Waals surface area contributed by atoms with E-state index in [1.165, 1.54) is 19.3 Å². The summed E-state index contributed by atoms with van der Waals surface area (Å²) in [5.41, 5.74) is 1.03. The molecular weight excluding hydrogens is 174 g/mol. The fourth-order valence-electron chi connectivity index (χ4n) is 1.58. The van der Waals surface area contributed by atoms with E-state index in [0.29, 0.717) is 6.04 Å². The highest BCUT2D eigenvalue weighted by atomic mass is 16.1. The van der Waals surface area contributed by atoms with Crippen LogP contribution in [-0.4, -0.2) is 4.57 Å². The fourth-order valence-corrected chi connectivity index (χ4v) is 1.58. The van der Waals surface area contributed by atoms with E-state index < -0.39 is 0 Å². The number of hydrogen-bond donors (Lipinski definition) is 0. The smallest absolute Gasteiger partial charge is 0.253 e. The van der Waals surface area contributed by atoms with Gasteiger partial charge in [-0.3, -0.25) is 4.79 Å². The molecule has 0 aromatic carbocycles. The predicted octanol–water partition coefficient (Wildman–Crippen LogP) is 2.91. The van der Waals surface area contributed by atoms with Crippen LogP contribution in [0.4, 0.5) is 0 Å². The lowest BCUT2D eigenvalue weighted by Crippen LogP contribution is -2.29. The molecule has 0 aliphatic heterocycles. The van der Waals surface area contributed by atoms with Crippen LogP contribution in [0.3, 0.4) is 0 Å². The second kappa shape index (κ2) is 4.99. The van der Waals surface area contributed by atoms with Crippen LogP contribution in [0.25, 0.3) is 0 Å². The van der Waals surface area contributed by atoms with E-state index in [2.05, 4.69) is 0 Å². The standard InChI is InChI=1S/C10H13NO.C2H6/c1-8-4-3-7-11(10(8)12)9-5-2-6-9;1-2/h3-4,7,9H,2,5-6H2,1H3;1-2H3. The van der Waals surface area contributed by atoms with Gasteiger partial charge in [0.15, 0.2) is 0 Å². The molecule has 0 spiro atoms. The summed E-state index contributed by atoms with van der Waals surface area (Å²) in [6.07, 6.45) is 5.51. The molecule has 1 fully saturated rings. The van der Waals surface area contributed by atoms with Gasteiger partial charge >= 0.3 is 0 Å². The molecular formula is C12H19NO. The Bertz CT molecular complexity index is 336. The Hall–Kier alpha value is -1.05. The highest BCUT2D eigenvalue weighted by molar-refractivity contribution is 5.08. The van der Waals surface area contributed by atoms with Crippen molar-refractivity contribution in [1.29, 1.82) is 0 Å². The normalized spacial score (nSPS) is 15.4. The average Bonchev–Trinajstić information content (AvgIpc) is 2.13. The molecule has 78 valence electrons. The van der Waals surface area contributed by atoms with E-state index in [1.54, 1.807) is 0 Å². The highest BCUT2D eigenvalue weighted by Crippen LogP contribution is 2.29. The van der Waals surface area contributed by atoms with Crippen LogP contribution in [0, 0.1) is 6.92 Å². The highest BCUT2D eigenvalue weighted by Gasteiger charge is 2.19. The Morgan fingerprint density at radius 3 is 2.50 bits per heavy atom. The maximum atomic E-state index is 11.6. The van der Waals surface area contributed by atoms with Gasteiger partial charge in [0.05, 0.1) is 0 Å². The molecule has 1 saturated carbocycles. The second-order valence-corrected chi connectivity index (χ2v) is 3.49. The number of pyridine rings is 1. The topological polar surface area (TPSA) is 22.0 Å². The zero-order valence-electron chi connectivity index (χ0n) is 9.29. The van der Waals surface area contributed by atoms with Gasteiger partial charge in [-0.15, -0.1) is 0 Å². The summed E-state index contributed by atoms with van der Waals surface area (Å²) in [7, 11) is 0. The molecule has 14 heavy (non-hydrogen) atoms. The lowest BCUT2D eigenvalue weighted by Gasteiger charge is -2.27. The lowest BCUT2D eigenvalue weighted by atomic mass is 9.93. The average molecular weight is 193 g/mol. The number of aromatic nitrogens is 1. The summed E-state index contributed by atoms with van der Waals surface area (Å²) in [4.78, 5) is 11.6. The molecule has 2 nitrogen and oxygen atoms in total. The van der Waals surface area contributed by atoms with Crippen molar-refractivity contribution in [3.8, 4) is 0 Å². The first kappa shape index (κ1) is 11.0. The number of nitrogens with zero attached hydrogens (tertiary/aromatic N) is 1. The third-order valence-electron chi connectivity index (χ3n) is 2.63. The van der Waals surface area contributed by atoms with Crippen LogP contribution in [0.15, 0.2) is 23.1 Å². The maximum absolute atomic E-state index is 11.6. The first-order valence-corrected chi connectivity index (χ1v) is 5.47. The molecule has 1 aromatic heterocycles. The van der Waals surface area contributed by atoms with Crippen molar-refractivity contribution >= 4 is 0 Å². The maximum Gasteiger partial charge on any atom is 0.253 e. The summed E-state index contributed by atoms with van der Waals surface area (Å²) < 4.78 is 1.87. The summed E-state index contributed by atoms with van der Waals surface area (Å²) in [6.45, 7) is 5.87. The van der Waals surface area contributed by atoms with Gasteiger partial charge in [-0.2, -0.15) is 0 Å². The Labute approximate surface area is 85.6 Å². The van der Waals surface area contributed by atoms with Crippen LogP contribution in [0.2, 0.25) is 0 Å². The molecule has 1 aromatic rings. The zero-order chi connectivity index (χ0) is 10.6. The van der Waals surface area contributed by atoms with Gasteiger partial charge < -0.3 is 4.57 Å². The molecule has 0 bridgehead atoms.